The zero-order chi connectivity index (χ0) is 15.1. The maximum Gasteiger partial charge on any atom is 0.327 e. The van der Waals surface area contributed by atoms with E-state index in [2.05, 4.69) is 0 Å². The molecule has 0 amide bonds. The molecule has 1 rings (SSSR count). The summed E-state index contributed by atoms with van der Waals surface area (Å²) in [5, 5.41) is 8.83. The molecular formula is C14H19NO5. The second-order valence-corrected chi connectivity index (χ2v) is 4.24. The highest BCUT2D eigenvalue weighted by Gasteiger charge is 2.27. The van der Waals surface area contributed by atoms with Crippen LogP contribution in [0.1, 0.15) is 18.5 Å². The minimum Gasteiger partial charge on any atom is -0.494 e. The Balaban J connectivity index is 2.98. The highest BCUT2D eigenvalue weighted by molar-refractivity contribution is 5.78. The number of carbonyl (C=O) groups excluding carboxylic acids is 1. The molecule has 110 valence electrons. The number of nitrogens with zero attached hydrogens (tertiary/aromatic N) is 1. The van der Waals surface area contributed by atoms with Crippen LogP contribution in [0, 0.1) is 0 Å². The maximum absolute atomic E-state index is 11.9. The van der Waals surface area contributed by atoms with E-state index in [0.717, 1.165) is 0 Å². The third-order valence-electron chi connectivity index (χ3n) is 2.76. The second kappa shape index (κ2) is 7.49. The molecule has 0 heterocycles. The fourth-order valence-electron chi connectivity index (χ4n) is 1.90. The Bertz CT molecular complexity index is 457. The van der Waals surface area contributed by atoms with Crippen LogP contribution < -0.4 is 4.74 Å². The lowest BCUT2D eigenvalue weighted by Gasteiger charge is -2.24. The summed E-state index contributed by atoms with van der Waals surface area (Å²) < 4.78 is 10.1. The van der Waals surface area contributed by atoms with Gasteiger partial charge in [0.2, 0.25) is 0 Å². The van der Waals surface area contributed by atoms with Crippen molar-refractivity contribution < 1.29 is 24.2 Å². The SMILES string of the molecule is CCOc1ccc(C(C(=O)OC)N(C)CC(=O)O)cc1. The number of likely N-dealkylation sites (N-methyl/N-ethyl adjacent to an activating group) is 1. The standard InChI is InChI=1S/C14H19NO5/c1-4-20-11-7-5-10(6-8-11)13(14(18)19-3)15(2)9-12(16)17/h5-8,13H,4,9H2,1-3H3,(H,16,17). The van der Waals surface area contributed by atoms with Gasteiger partial charge in [-0.1, -0.05) is 12.1 Å². The number of carbonyl (C=O) groups is 2. The summed E-state index contributed by atoms with van der Waals surface area (Å²) in [5.74, 6) is -0.814. The van der Waals surface area contributed by atoms with Crippen molar-refractivity contribution >= 4 is 11.9 Å². The molecule has 0 aliphatic rings. The number of ether oxygens (including phenoxy) is 2. The fraction of sp³-hybridized carbons (Fsp3) is 0.429. The Morgan fingerprint density at radius 3 is 2.35 bits per heavy atom. The van der Waals surface area contributed by atoms with Crippen LogP contribution >= 0.6 is 0 Å². The van der Waals surface area contributed by atoms with E-state index >= 15 is 0 Å². The van der Waals surface area contributed by atoms with E-state index < -0.39 is 18.0 Å². The first-order valence-corrected chi connectivity index (χ1v) is 6.22. The van der Waals surface area contributed by atoms with Crippen LogP contribution in [-0.2, 0) is 14.3 Å². The molecule has 0 bridgehead atoms. The van der Waals surface area contributed by atoms with Crippen molar-refractivity contribution in [3.05, 3.63) is 29.8 Å². The minimum absolute atomic E-state index is 0.257. The minimum atomic E-state index is -1.01. The molecule has 0 fully saturated rings. The normalized spacial score (nSPS) is 12.0. The van der Waals surface area contributed by atoms with Gasteiger partial charge in [0.05, 0.1) is 20.3 Å². The third kappa shape index (κ3) is 4.24. The molecule has 0 saturated carbocycles. The van der Waals surface area contributed by atoms with Crippen molar-refractivity contribution in [2.45, 2.75) is 13.0 Å². The number of rotatable bonds is 7. The van der Waals surface area contributed by atoms with E-state index in [9.17, 15) is 9.59 Å². The van der Waals surface area contributed by atoms with Gasteiger partial charge in [0, 0.05) is 0 Å². The molecule has 1 atom stereocenters. The Kier molecular flexibility index (Phi) is 5.99. The average molecular weight is 281 g/mol. The first kappa shape index (κ1) is 16.0. The Labute approximate surface area is 117 Å². The Morgan fingerprint density at radius 1 is 1.30 bits per heavy atom. The van der Waals surface area contributed by atoms with Crippen molar-refractivity contribution in [2.75, 3.05) is 27.3 Å². The first-order valence-electron chi connectivity index (χ1n) is 6.22. The number of hydrogen-bond donors (Lipinski definition) is 1. The topological polar surface area (TPSA) is 76.1 Å². The molecule has 1 aromatic rings. The van der Waals surface area contributed by atoms with Gasteiger partial charge in [-0.15, -0.1) is 0 Å². The van der Waals surface area contributed by atoms with E-state index in [1.807, 2.05) is 6.92 Å². The molecule has 1 aromatic carbocycles. The van der Waals surface area contributed by atoms with Gasteiger partial charge in [0.25, 0.3) is 0 Å². The van der Waals surface area contributed by atoms with E-state index in [-0.39, 0.29) is 6.54 Å². The lowest BCUT2D eigenvalue weighted by molar-refractivity contribution is -0.148. The predicted octanol–water partition coefficient (Wildman–Crippen LogP) is 1.32. The number of benzene rings is 1. The van der Waals surface area contributed by atoms with E-state index in [1.165, 1.54) is 12.0 Å². The largest absolute Gasteiger partial charge is 0.494 e. The van der Waals surface area contributed by atoms with Crippen LogP contribution in [0.3, 0.4) is 0 Å². The van der Waals surface area contributed by atoms with Crippen LogP contribution in [0.5, 0.6) is 5.75 Å². The van der Waals surface area contributed by atoms with E-state index in [1.54, 1.807) is 31.3 Å². The van der Waals surface area contributed by atoms with Crippen LogP contribution in [0.25, 0.3) is 0 Å². The monoisotopic (exact) mass is 281 g/mol. The lowest BCUT2D eigenvalue weighted by Crippen LogP contribution is -2.35. The number of methoxy groups -OCH3 is 1. The lowest BCUT2D eigenvalue weighted by atomic mass is 10.1. The molecule has 0 aliphatic carbocycles. The first-order chi connectivity index (χ1) is 9.49. The van der Waals surface area contributed by atoms with Crippen molar-refractivity contribution in [2.24, 2.45) is 0 Å². The number of hydrogen-bond acceptors (Lipinski definition) is 5. The smallest absolute Gasteiger partial charge is 0.327 e. The molecule has 6 heteroatoms. The van der Waals surface area contributed by atoms with Gasteiger partial charge < -0.3 is 14.6 Å². The second-order valence-electron chi connectivity index (χ2n) is 4.24. The van der Waals surface area contributed by atoms with Crippen LogP contribution in [-0.4, -0.2) is 49.3 Å². The zero-order valence-corrected chi connectivity index (χ0v) is 11.8. The zero-order valence-electron chi connectivity index (χ0n) is 11.8. The van der Waals surface area contributed by atoms with Crippen LogP contribution in [0.4, 0.5) is 0 Å². The van der Waals surface area contributed by atoms with Crippen LogP contribution in [0.15, 0.2) is 24.3 Å². The summed E-state index contributed by atoms with van der Waals surface area (Å²) in [6, 6.07) is 6.18. The summed E-state index contributed by atoms with van der Waals surface area (Å²) in [6.45, 7) is 2.18. The molecule has 20 heavy (non-hydrogen) atoms. The molecule has 1 unspecified atom stereocenters. The van der Waals surface area contributed by atoms with Crippen LogP contribution in [0.2, 0.25) is 0 Å². The molecular weight excluding hydrogens is 262 g/mol. The Morgan fingerprint density at radius 2 is 1.90 bits per heavy atom. The molecule has 0 aromatic heterocycles. The summed E-state index contributed by atoms with van der Waals surface area (Å²) in [7, 11) is 2.84. The van der Waals surface area contributed by atoms with E-state index in [4.69, 9.17) is 14.6 Å². The maximum atomic E-state index is 11.9. The molecule has 0 radical (unpaired) electrons. The number of aliphatic carboxylic acids is 1. The van der Waals surface area contributed by atoms with Gasteiger partial charge >= 0.3 is 11.9 Å². The predicted molar refractivity (Wildman–Crippen MR) is 72.6 cm³/mol. The van der Waals surface area contributed by atoms with E-state index in [0.29, 0.717) is 17.9 Å². The fourth-order valence-corrected chi connectivity index (χ4v) is 1.90. The van der Waals surface area contributed by atoms with Gasteiger partial charge in [-0.25, -0.2) is 4.79 Å². The highest BCUT2D eigenvalue weighted by atomic mass is 16.5. The van der Waals surface area contributed by atoms with Gasteiger partial charge in [0.1, 0.15) is 11.8 Å². The van der Waals surface area contributed by atoms with Crippen molar-refractivity contribution in [3.63, 3.8) is 0 Å². The molecule has 0 saturated heterocycles. The third-order valence-corrected chi connectivity index (χ3v) is 2.76. The van der Waals surface area contributed by atoms with Crippen molar-refractivity contribution in [1.29, 1.82) is 0 Å². The Hall–Kier alpha value is -2.08. The van der Waals surface area contributed by atoms with Gasteiger partial charge in [0.15, 0.2) is 0 Å². The quantitative estimate of drug-likeness (QED) is 0.760. The highest BCUT2D eigenvalue weighted by Crippen LogP contribution is 2.23. The average Bonchev–Trinajstić information content (AvgIpc) is 2.40. The van der Waals surface area contributed by atoms with Gasteiger partial charge in [-0.05, 0) is 31.7 Å². The van der Waals surface area contributed by atoms with Gasteiger partial charge in [-0.3, -0.25) is 9.69 Å². The molecule has 0 aliphatic heterocycles. The number of carboxylic acid groups (broad SMARTS) is 1. The molecule has 0 spiro atoms. The van der Waals surface area contributed by atoms with Crippen molar-refractivity contribution in [3.8, 4) is 5.75 Å². The number of esters is 1. The summed E-state index contributed by atoms with van der Waals surface area (Å²) in [5.41, 5.74) is 0.657. The summed E-state index contributed by atoms with van der Waals surface area (Å²) >= 11 is 0. The number of carboxylic acids is 1. The summed E-state index contributed by atoms with van der Waals surface area (Å²) in [4.78, 5) is 24.1. The molecule has 1 N–H and O–H groups in total. The summed E-state index contributed by atoms with van der Waals surface area (Å²) in [6.07, 6.45) is 0. The van der Waals surface area contributed by atoms with Crippen molar-refractivity contribution in [1.82, 2.24) is 4.90 Å². The van der Waals surface area contributed by atoms with Gasteiger partial charge in [-0.2, -0.15) is 0 Å². The molecule has 6 nitrogen and oxygen atoms in total.